The first-order valence-corrected chi connectivity index (χ1v) is 13.2. The second kappa shape index (κ2) is 13.6. The number of thiazole rings is 1. The molecule has 0 spiro atoms. The Kier molecular flexibility index (Phi) is 10.3. The molecule has 3 aromatic rings. The zero-order valence-electron chi connectivity index (χ0n) is 19.9. The topological polar surface area (TPSA) is 108 Å². The maximum Gasteiger partial charge on any atom is 0.311 e. The Morgan fingerprint density at radius 1 is 1.23 bits per heavy atom. The van der Waals surface area contributed by atoms with Crippen LogP contribution in [0.15, 0.2) is 47.5 Å². The quantitative estimate of drug-likeness (QED) is 0.144. The standard InChI is InChI=1S/C24H29N5O4S2/c1-4-7-13-33-19-10-8-17(9-11-19)22-27-28-24(29(22)12-5-2)35-16-20(30)26-23-25-18(15-34-23)14-21(31)32-6-3/h5,8-11,15H,2,4,6-7,12-14,16H2,1,3H3,(H,25,26,30). The molecule has 1 aromatic carbocycles. The van der Waals surface area contributed by atoms with Crippen molar-refractivity contribution < 1.29 is 19.1 Å². The number of rotatable bonds is 14. The van der Waals surface area contributed by atoms with E-state index in [1.54, 1.807) is 18.4 Å². The molecule has 0 fully saturated rings. The zero-order chi connectivity index (χ0) is 25.0. The van der Waals surface area contributed by atoms with Gasteiger partial charge in [-0.1, -0.05) is 31.2 Å². The molecule has 0 aliphatic heterocycles. The Balaban J connectivity index is 1.59. The number of thioether (sulfide) groups is 1. The van der Waals surface area contributed by atoms with Gasteiger partial charge < -0.3 is 14.8 Å². The molecular formula is C24H29N5O4S2. The second-order valence-corrected chi connectivity index (χ2v) is 9.20. The van der Waals surface area contributed by atoms with E-state index in [0.29, 0.717) is 41.6 Å². The third kappa shape index (κ3) is 7.93. The number of benzene rings is 1. The van der Waals surface area contributed by atoms with Crippen molar-refractivity contribution in [3.63, 3.8) is 0 Å². The lowest BCUT2D eigenvalue weighted by atomic mass is 10.2. The Morgan fingerprint density at radius 2 is 2.03 bits per heavy atom. The molecule has 2 heterocycles. The largest absolute Gasteiger partial charge is 0.494 e. The van der Waals surface area contributed by atoms with Gasteiger partial charge in [-0.05, 0) is 37.6 Å². The molecule has 0 unspecified atom stereocenters. The minimum atomic E-state index is -0.345. The summed E-state index contributed by atoms with van der Waals surface area (Å²) in [6, 6.07) is 7.73. The normalized spacial score (nSPS) is 10.7. The van der Waals surface area contributed by atoms with Crippen molar-refractivity contribution in [1.29, 1.82) is 0 Å². The van der Waals surface area contributed by atoms with Crippen molar-refractivity contribution >= 4 is 40.1 Å². The molecular weight excluding hydrogens is 486 g/mol. The monoisotopic (exact) mass is 515 g/mol. The Bertz CT molecular complexity index is 1130. The van der Waals surface area contributed by atoms with Crippen LogP contribution in [0, 0.1) is 0 Å². The molecule has 0 aliphatic rings. The first kappa shape index (κ1) is 26.4. The van der Waals surface area contributed by atoms with E-state index >= 15 is 0 Å². The van der Waals surface area contributed by atoms with E-state index in [-0.39, 0.29) is 24.1 Å². The van der Waals surface area contributed by atoms with Crippen LogP contribution < -0.4 is 10.1 Å². The van der Waals surface area contributed by atoms with Gasteiger partial charge in [-0.25, -0.2) is 4.98 Å². The molecule has 0 saturated heterocycles. The molecule has 2 aromatic heterocycles. The van der Waals surface area contributed by atoms with E-state index in [2.05, 4.69) is 34.0 Å². The van der Waals surface area contributed by atoms with Crippen LogP contribution in [0.25, 0.3) is 11.4 Å². The van der Waals surface area contributed by atoms with Gasteiger partial charge in [-0.15, -0.1) is 28.1 Å². The van der Waals surface area contributed by atoms with E-state index in [4.69, 9.17) is 9.47 Å². The fourth-order valence-corrected chi connectivity index (χ4v) is 4.50. The lowest BCUT2D eigenvalue weighted by Crippen LogP contribution is -2.15. The summed E-state index contributed by atoms with van der Waals surface area (Å²) in [5.41, 5.74) is 1.46. The summed E-state index contributed by atoms with van der Waals surface area (Å²) in [5, 5.41) is 14.1. The summed E-state index contributed by atoms with van der Waals surface area (Å²) >= 11 is 2.54. The van der Waals surface area contributed by atoms with Crippen LogP contribution in [0.4, 0.5) is 5.13 Å². The summed E-state index contributed by atoms with van der Waals surface area (Å²) in [6.07, 6.45) is 3.94. The number of ether oxygens (including phenoxy) is 2. The fraction of sp³-hybridized carbons (Fsp3) is 0.375. The summed E-state index contributed by atoms with van der Waals surface area (Å²) < 4.78 is 12.6. The maximum absolute atomic E-state index is 12.5. The van der Waals surface area contributed by atoms with E-state index < -0.39 is 0 Å². The van der Waals surface area contributed by atoms with E-state index in [0.717, 1.165) is 24.2 Å². The van der Waals surface area contributed by atoms with Crippen LogP contribution >= 0.6 is 23.1 Å². The number of aromatic nitrogens is 4. The number of hydrogen-bond donors (Lipinski definition) is 1. The number of carbonyl (C=O) groups excluding carboxylic acids is 2. The van der Waals surface area contributed by atoms with Crippen LogP contribution in [-0.2, 0) is 27.3 Å². The summed E-state index contributed by atoms with van der Waals surface area (Å²) in [7, 11) is 0. The highest BCUT2D eigenvalue weighted by molar-refractivity contribution is 7.99. The van der Waals surface area contributed by atoms with E-state index in [1.807, 2.05) is 28.8 Å². The van der Waals surface area contributed by atoms with Gasteiger partial charge in [-0.3, -0.25) is 14.2 Å². The molecule has 0 saturated carbocycles. The van der Waals surface area contributed by atoms with Crippen LogP contribution in [0.2, 0.25) is 0 Å². The SMILES string of the molecule is C=CCn1c(SCC(=O)Nc2nc(CC(=O)OCC)cs2)nnc1-c1ccc(OCCCC)cc1. The van der Waals surface area contributed by atoms with Gasteiger partial charge in [0.25, 0.3) is 0 Å². The van der Waals surface area contributed by atoms with Gasteiger partial charge in [0.05, 0.1) is 31.1 Å². The van der Waals surface area contributed by atoms with Gasteiger partial charge in [0, 0.05) is 17.5 Å². The number of amides is 1. The first-order chi connectivity index (χ1) is 17.0. The molecule has 186 valence electrons. The molecule has 1 N–H and O–H groups in total. The number of unbranched alkanes of at least 4 members (excludes halogenated alkanes) is 1. The third-order valence-corrected chi connectivity index (χ3v) is 6.44. The zero-order valence-corrected chi connectivity index (χ0v) is 21.5. The molecule has 9 nitrogen and oxygen atoms in total. The molecule has 3 rings (SSSR count). The Morgan fingerprint density at radius 3 is 2.74 bits per heavy atom. The van der Waals surface area contributed by atoms with Crippen LogP contribution in [0.3, 0.4) is 0 Å². The molecule has 0 atom stereocenters. The molecule has 0 aliphatic carbocycles. The van der Waals surface area contributed by atoms with Crippen molar-refractivity contribution in [1.82, 2.24) is 19.7 Å². The van der Waals surface area contributed by atoms with Gasteiger partial charge >= 0.3 is 5.97 Å². The van der Waals surface area contributed by atoms with Crippen molar-refractivity contribution in [2.75, 3.05) is 24.3 Å². The number of esters is 1. The average molecular weight is 516 g/mol. The highest BCUT2D eigenvalue weighted by Gasteiger charge is 2.16. The number of nitrogens with zero attached hydrogens (tertiary/aromatic N) is 4. The molecule has 0 radical (unpaired) electrons. The van der Waals surface area contributed by atoms with Gasteiger partial charge in [0.15, 0.2) is 16.1 Å². The average Bonchev–Trinajstić information content (AvgIpc) is 3.45. The minimum Gasteiger partial charge on any atom is -0.494 e. The number of nitrogens with one attached hydrogen (secondary N) is 1. The summed E-state index contributed by atoms with van der Waals surface area (Å²) in [6.45, 7) is 9.22. The Labute approximate surface area is 213 Å². The number of hydrogen-bond acceptors (Lipinski definition) is 9. The van der Waals surface area contributed by atoms with Crippen LogP contribution in [0.5, 0.6) is 5.75 Å². The predicted molar refractivity (Wildman–Crippen MR) is 138 cm³/mol. The van der Waals surface area contributed by atoms with Crippen molar-refractivity contribution in [3.05, 3.63) is 48.0 Å². The second-order valence-electron chi connectivity index (χ2n) is 7.39. The van der Waals surface area contributed by atoms with E-state index in [9.17, 15) is 9.59 Å². The fourth-order valence-electron chi connectivity index (χ4n) is 3.03. The minimum absolute atomic E-state index is 0.0776. The number of carbonyl (C=O) groups is 2. The van der Waals surface area contributed by atoms with Crippen molar-refractivity contribution in [2.24, 2.45) is 0 Å². The molecule has 0 bridgehead atoms. The number of anilines is 1. The van der Waals surface area contributed by atoms with E-state index in [1.165, 1.54) is 23.1 Å². The summed E-state index contributed by atoms with van der Waals surface area (Å²) in [4.78, 5) is 28.3. The Hall–Kier alpha value is -3.18. The van der Waals surface area contributed by atoms with Gasteiger partial charge in [0.1, 0.15) is 5.75 Å². The maximum atomic E-state index is 12.5. The number of allylic oxidation sites excluding steroid dienone is 1. The predicted octanol–water partition coefficient (Wildman–Crippen LogP) is 4.60. The van der Waals surface area contributed by atoms with Gasteiger partial charge in [0.2, 0.25) is 5.91 Å². The molecule has 35 heavy (non-hydrogen) atoms. The van der Waals surface area contributed by atoms with Crippen LogP contribution in [0.1, 0.15) is 32.4 Å². The van der Waals surface area contributed by atoms with Crippen LogP contribution in [-0.4, -0.2) is 50.6 Å². The highest BCUT2D eigenvalue weighted by Crippen LogP contribution is 2.26. The first-order valence-electron chi connectivity index (χ1n) is 11.3. The highest BCUT2D eigenvalue weighted by atomic mass is 32.2. The van der Waals surface area contributed by atoms with Crippen molar-refractivity contribution in [3.8, 4) is 17.1 Å². The lowest BCUT2D eigenvalue weighted by Gasteiger charge is -2.09. The lowest BCUT2D eigenvalue weighted by molar-refractivity contribution is -0.142. The van der Waals surface area contributed by atoms with Gasteiger partial charge in [-0.2, -0.15) is 0 Å². The van der Waals surface area contributed by atoms with Crippen molar-refractivity contribution in [2.45, 2.75) is 44.8 Å². The smallest absolute Gasteiger partial charge is 0.311 e. The third-order valence-electron chi connectivity index (χ3n) is 4.67. The molecule has 1 amide bonds. The molecule has 11 heteroatoms. The summed E-state index contributed by atoms with van der Waals surface area (Å²) in [5.74, 6) is 1.07.